The molecular weight excluding hydrogens is 216 g/mol. The predicted molar refractivity (Wildman–Crippen MR) is 56.9 cm³/mol. The Bertz CT molecular complexity index is 463. The van der Waals surface area contributed by atoms with E-state index >= 15 is 0 Å². The predicted octanol–water partition coefficient (Wildman–Crippen LogP) is 1.81. The van der Waals surface area contributed by atoms with E-state index in [0.29, 0.717) is 0 Å². The van der Waals surface area contributed by atoms with E-state index in [9.17, 15) is 8.42 Å². The van der Waals surface area contributed by atoms with E-state index in [1.165, 1.54) is 13.2 Å². The molecule has 0 aliphatic heterocycles. The first-order valence-electron chi connectivity index (χ1n) is 4.55. The van der Waals surface area contributed by atoms with Gasteiger partial charge in [0.15, 0.2) is 0 Å². The van der Waals surface area contributed by atoms with Gasteiger partial charge in [0.05, 0.1) is 7.11 Å². The molecule has 0 fully saturated rings. The normalized spacial score (nSPS) is 11.5. The molecule has 0 saturated carbocycles. The smallest absolute Gasteiger partial charge is 0.298 e. The molecule has 1 rings (SSSR count). The van der Waals surface area contributed by atoms with Crippen LogP contribution in [0, 0.1) is 6.92 Å². The largest absolute Gasteiger partial charge is 0.495 e. The summed E-state index contributed by atoms with van der Waals surface area (Å²) in [7, 11) is -2.83. The van der Waals surface area contributed by atoms with E-state index in [4.69, 9.17) is 9.29 Å². The molecule has 0 bridgehead atoms. The Morgan fingerprint density at radius 2 is 2.00 bits per heavy atom. The molecule has 15 heavy (non-hydrogen) atoms. The summed E-state index contributed by atoms with van der Waals surface area (Å²) >= 11 is 0. The monoisotopic (exact) mass is 230 g/mol. The van der Waals surface area contributed by atoms with Crippen molar-refractivity contribution in [3.05, 3.63) is 23.3 Å². The van der Waals surface area contributed by atoms with Crippen molar-refractivity contribution in [2.45, 2.75) is 25.2 Å². The second-order valence-corrected chi connectivity index (χ2v) is 4.60. The SMILES string of the molecule is CCc1ccc(S(=O)(=O)O)c(OC)c1C. The highest BCUT2D eigenvalue weighted by atomic mass is 32.2. The van der Waals surface area contributed by atoms with Crippen LogP contribution in [-0.2, 0) is 16.5 Å². The van der Waals surface area contributed by atoms with Crippen molar-refractivity contribution in [2.75, 3.05) is 7.11 Å². The van der Waals surface area contributed by atoms with Crippen LogP contribution in [0.4, 0.5) is 0 Å². The molecule has 0 aliphatic carbocycles. The van der Waals surface area contributed by atoms with Gasteiger partial charge in [0.25, 0.3) is 10.1 Å². The van der Waals surface area contributed by atoms with Crippen molar-refractivity contribution in [2.24, 2.45) is 0 Å². The van der Waals surface area contributed by atoms with Gasteiger partial charge in [-0.05, 0) is 30.5 Å². The second-order valence-electron chi connectivity index (χ2n) is 3.21. The van der Waals surface area contributed by atoms with Crippen LogP contribution in [0.25, 0.3) is 0 Å². The van der Waals surface area contributed by atoms with Gasteiger partial charge in [0.1, 0.15) is 10.6 Å². The molecule has 0 aromatic heterocycles. The van der Waals surface area contributed by atoms with E-state index in [-0.39, 0.29) is 10.6 Å². The fraction of sp³-hybridized carbons (Fsp3) is 0.400. The van der Waals surface area contributed by atoms with Gasteiger partial charge in [0, 0.05) is 0 Å². The van der Waals surface area contributed by atoms with Crippen molar-refractivity contribution in [1.29, 1.82) is 0 Å². The van der Waals surface area contributed by atoms with E-state index < -0.39 is 10.1 Å². The summed E-state index contributed by atoms with van der Waals surface area (Å²) in [4.78, 5) is -0.181. The molecule has 1 N–H and O–H groups in total. The van der Waals surface area contributed by atoms with Gasteiger partial charge in [-0.1, -0.05) is 13.0 Å². The molecule has 5 heteroatoms. The maximum atomic E-state index is 11.0. The molecule has 84 valence electrons. The Balaban J connectivity index is 3.52. The number of hydrogen-bond acceptors (Lipinski definition) is 3. The molecular formula is C10H14O4S. The average molecular weight is 230 g/mol. The number of rotatable bonds is 3. The lowest BCUT2D eigenvalue weighted by Gasteiger charge is -2.12. The first kappa shape index (κ1) is 12.0. The Morgan fingerprint density at radius 3 is 2.40 bits per heavy atom. The minimum atomic E-state index is -4.22. The van der Waals surface area contributed by atoms with Crippen LogP contribution in [-0.4, -0.2) is 20.1 Å². The summed E-state index contributed by atoms with van der Waals surface area (Å²) in [5.74, 6) is 0.219. The van der Waals surface area contributed by atoms with Gasteiger partial charge in [-0.3, -0.25) is 4.55 Å². The zero-order valence-electron chi connectivity index (χ0n) is 8.94. The zero-order chi connectivity index (χ0) is 11.6. The summed E-state index contributed by atoms with van der Waals surface area (Å²) in [6.07, 6.45) is 0.786. The highest BCUT2D eigenvalue weighted by Gasteiger charge is 2.19. The van der Waals surface area contributed by atoms with Crippen molar-refractivity contribution >= 4 is 10.1 Å². The van der Waals surface area contributed by atoms with Crippen LogP contribution in [0.3, 0.4) is 0 Å². The third kappa shape index (κ3) is 2.30. The van der Waals surface area contributed by atoms with E-state index in [1.807, 2.05) is 6.92 Å². The summed E-state index contributed by atoms with van der Waals surface area (Å²) in [6.45, 7) is 3.74. The fourth-order valence-corrected chi connectivity index (χ4v) is 2.26. The molecule has 0 amide bonds. The Hall–Kier alpha value is -1.07. The third-order valence-electron chi connectivity index (χ3n) is 2.34. The lowest BCUT2D eigenvalue weighted by molar-refractivity contribution is 0.394. The number of benzene rings is 1. The summed E-state index contributed by atoms with van der Waals surface area (Å²) in [5, 5.41) is 0. The summed E-state index contributed by atoms with van der Waals surface area (Å²) < 4.78 is 36.1. The van der Waals surface area contributed by atoms with Gasteiger partial charge in [-0.25, -0.2) is 0 Å². The van der Waals surface area contributed by atoms with Crippen molar-refractivity contribution in [3.63, 3.8) is 0 Å². The lowest BCUT2D eigenvalue weighted by Crippen LogP contribution is -2.04. The molecule has 0 unspecified atom stereocenters. The topological polar surface area (TPSA) is 63.6 Å². The van der Waals surface area contributed by atoms with Gasteiger partial charge < -0.3 is 4.74 Å². The van der Waals surface area contributed by atoms with Gasteiger partial charge in [0.2, 0.25) is 0 Å². The van der Waals surface area contributed by atoms with Crippen molar-refractivity contribution < 1.29 is 17.7 Å². The minimum Gasteiger partial charge on any atom is -0.495 e. The molecule has 0 radical (unpaired) electrons. The first-order valence-corrected chi connectivity index (χ1v) is 5.99. The summed E-state index contributed by atoms with van der Waals surface area (Å²) in [5.41, 5.74) is 1.74. The van der Waals surface area contributed by atoms with Crippen LogP contribution < -0.4 is 4.74 Å². The quantitative estimate of drug-likeness (QED) is 0.804. The number of methoxy groups -OCH3 is 1. The fourth-order valence-electron chi connectivity index (χ4n) is 1.55. The maximum Gasteiger partial charge on any atom is 0.298 e. The standard InChI is InChI=1S/C10H14O4S/c1-4-8-5-6-9(15(11,12)13)10(14-3)7(8)2/h5-6H,4H2,1-3H3,(H,11,12,13). The van der Waals surface area contributed by atoms with E-state index in [1.54, 1.807) is 13.0 Å². The van der Waals surface area contributed by atoms with Gasteiger partial charge in [-0.2, -0.15) is 8.42 Å². The van der Waals surface area contributed by atoms with Crippen LogP contribution in [0.15, 0.2) is 17.0 Å². The Kier molecular flexibility index (Phi) is 3.36. The van der Waals surface area contributed by atoms with Crippen LogP contribution in [0.2, 0.25) is 0 Å². The highest BCUT2D eigenvalue weighted by molar-refractivity contribution is 7.86. The van der Waals surface area contributed by atoms with Crippen molar-refractivity contribution in [1.82, 2.24) is 0 Å². The van der Waals surface area contributed by atoms with E-state index in [2.05, 4.69) is 0 Å². The Labute approximate surface area is 89.6 Å². The van der Waals surface area contributed by atoms with Crippen LogP contribution in [0.1, 0.15) is 18.1 Å². The molecule has 1 aromatic rings. The van der Waals surface area contributed by atoms with Crippen LogP contribution >= 0.6 is 0 Å². The molecule has 4 nitrogen and oxygen atoms in total. The average Bonchev–Trinajstić information content (AvgIpc) is 2.15. The molecule has 0 saturated heterocycles. The first-order chi connectivity index (χ1) is 6.91. The molecule has 0 spiro atoms. The zero-order valence-corrected chi connectivity index (χ0v) is 9.76. The lowest BCUT2D eigenvalue weighted by atomic mass is 10.1. The maximum absolute atomic E-state index is 11.0. The number of hydrogen-bond donors (Lipinski definition) is 1. The summed E-state index contributed by atoms with van der Waals surface area (Å²) in [6, 6.07) is 3.04. The van der Waals surface area contributed by atoms with E-state index in [0.717, 1.165) is 17.5 Å². The van der Waals surface area contributed by atoms with Gasteiger partial charge >= 0.3 is 0 Å². The Morgan fingerprint density at radius 1 is 1.40 bits per heavy atom. The molecule has 0 aliphatic rings. The van der Waals surface area contributed by atoms with Crippen LogP contribution in [0.5, 0.6) is 5.75 Å². The highest BCUT2D eigenvalue weighted by Crippen LogP contribution is 2.30. The molecule has 0 heterocycles. The number of aryl methyl sites for hydroxylation is 1. The van der Waals surface area contributed by atoms with Crippen molar-refractivity contribution in [3.8, 4) is 5.75 Å². The minimum absolute atomic E-state index is 0.181. The number of ether oxygens (including phenoxy) is 1. The molecule has 1 aromatic carbocycles. The third-order valence-corrected chi connectivity index (χ3v) is 3.22. The van der Waals surface area contributed by atoms with Gasteiger partial charge in [-0.15, -0.1) is 0 Å². The second kappa shape index (κ2) is 4.20. The molecule has 0 atom stereocenters.